The number of carbonyl (C=O) groups is 1. The molecule has 0 aliphatic heterocycles. The molecule has 0 aliphatic carbocycles. The molecule has 0 radical (unpaired) electrons. The molecule has 0 saturated carbocycles. The van der Waals surface area contributed by atoms with Crippen LogP contribution in [0.15, 0.2) is 60.0 Å². The number of aryl methyl sites for hydroxylation is 1. The number of aromatic nitrogens is 1. The fourth-order valence-electron chi connectivity index (χ4n) is 2.75. The van der Waals surface area contributed by atoms with Gasteiger partial charge in [0.1, 0.15) is 10.8 Å². The molecule has 1 atom stereocenters. The Balaban J connectivity index is 1.57. The molecule has 3 aromatic rings. The van der Waals surface area contributed by atoms with Crippen molar-refractivity contribution in [2.75, 3.05) is 7.11 Å². The van der Waals surface area contributed by atoms with E-state index in [1.807, 2.05) is 66.9 Å². The summed E-state index contributed by atoms with van der Waals surface area (Å²) in [7, 11) is 1.66. The maximum absolute atomic E-state index is 12.2. The molecule has 26 heavy (non-hydrogen) atoms. The Hall–Kier alpha value is -2.66. The number of para-hydroxylation sites is 1. The third-order valence-electron chi connectivity index (χ3n) is 4.17. The normalized spacial score (nSPS) is 11.8. The minimum atomic E-state index is 0.00303. The van der Waals surface area contributed by atoms with Gasteiger partial charge in [-0.2, -0.15) is 0 Å². The number of hydrogen-bond donors (Lipinski definition) is 1. The van der Waals surface area contributed by atoms with Crippen molar-refractivity contribution in [1.29, 1.82) is 0 Å². The van der Waals surface area contributed by atoms with Crippen molar-refractivity contribution in [1.82, 2.24) is 10.3 Å². The van der Waals surface area contributed by atoms with Crippen molar-refractivity contribution in [2.45, 2.75) is 25.8 Å². The van der Waals surface area contributed by atoms with Gasteiger partial charge in [0.25, 0.3) is 0 Å². The van der Waals surface area contributed by atoms with Gasteiger partial charge in [0.15, 0.2) is 0 Å². The SMILES string of the molecule is COc1ccccc1-c1nc(CCC(=O)NC(C)c2ccccc2)cs1. The molecule has 1 amide bonds. The molecule has 0 saturated heterocycles. The molecule has 1 aromatic heterocycles. The van der Waals surface area contributed by atoms with E-state index in [1.165, 1.54) is 0 Å². The van der Waals surface area contributed by atoms with Crippen LogP contribution in [0, 0.1) is 0 Å². The van der Waals surface area contributed by atoms with Crippen LogP contribution in [0.1, 0.15) is 30.6 Å². The summed E-state index contributed by atoms with van der Waals surface area (Å²) in [6.07, 6.45) is 1.05. The number of carbonyl (C=O) groups excluding carboxylic acids is 1. The zero-order chi connectivity index (χ0) is 18.4. The predicted molar refractivity (Wildman–Crippen MR) is 105 cm³/mol. The molecule has 5 heteroatoms. The molecule has 134 valence electrons. The Labute approximate surface area is 157 Å². The summed E-state index contributed by atoms with van der Waals surface area (Å²) in [4.78, 5) is 16.9. The number of nitrogens with one attached hydrogen (secondary N) is 1. The van der Waals surface area contributed by atoms with E-state index >= 15 is 0 Å². The molecule has 0 spiro atoms. The molecule has 0 fully saturated rings. The van der Waals surface area contributed by atoms with Crippen LogP contribution in [0.25, 0.3) is 10.6 Å². The first-order valence-corrected chi connectivity index (χ1v) is 9.47. The standard InChI is InChI=1S/C21H22N2O2S/c1-15(16-8-4-3-5-9-16)22-20(24)13-12-17-14-26-21(23-17)18-10-6-7-11-19(18)25-2/h3-11,14-15H,12-13H2,1-2H3,(H,22,24). The minimum Gasteiger partial charge on any atom is -0.496 e. The van der Waals surface area contributed by atoms with E-state index < -0.39 is 0 Å². The number of methoxy groups -OCH3 is 1. The largest absolute Gasteiger partial charge is 0.496 e. The second-order valence-corrected chi connectivity index (χ2v) is 6.90. The van der Waals surface area contributed by atoms with Crippen LogP contribution in [0.4, 0.5) is 0 Å². The van der Waals surface area contributed by atoms with E-state index in [-0.39, 0.29) is 11.9 Å². The molecule has 0 aliphatic rings. The molecule has 1 unspecified atom stereocenters. The lowest BCUT2D eigenvalue weighted by Gasteiger charge is -2.13. The summed E-state index contributed by atoms with van der Waals surface area (Å²) < 4.78 is 5.40. The maximum Gasteiger partial charge on any atom is 0.220 e. The van der Waals surface area contributed by atoms with Gasteiger partial charge in [-0.15, -0.1) is 11.3 Å². The quantitative estimate of drug-likeness (QED) is 0.663. The Kier molecular flexibility index (Phi) is 6.02. The molecular formula is C21H22N2O2S. The van der Waals surface area contributed by atoms with E-state index in [1.54, 1.807) is 18.4 Å². The summed E-state index contributed by atoms with van der Waals surface area (Å²) >= 11 is 1.57. The lowest BCUT2D eigenvalue weighted by atomic mass is 10.1. The highest BCUT2D eigenvalue weighted by Crippen LogP contribution is 2.32. The molecular weight excluding hydrogens is 344 g/mol. The Morgan fingerprint density at radius 3 is 2.65 bits per heavy atom. The first-order chi connectivity index (χ1) is 12.7. The third-order valence-corrected chi connectivity index (χ3v) is 5.10. The third kappa shape index (κ3) is 4.49. The van der Waals surface area contributed by atoms with E-state index in [0.29, 0.717) is 12.8 Å². The number of thiazole rings is 1. The van der Waals surface area contributed by atoms with Gasteiger partial charge in [-0.3, -0.25) is 4.79 Å². The van der Waals surface area contributed by atoms with Crippen LogP contribution < -0.4 is 10.1 Å². The van der Waals surface area contributed by atoms with Gasteiger partial charge in [0.05, 0.1) is 24.4 Å². The maximum atomic E-state index is 12.2. The predicted octanol–water partition coefficient (Wildman–Crippen LogP) is 4.63. The van der Waals surface area contributed by atoms with E-state index in [2.05, 4.69) is 10.3 Å². The second kappa shape index (κ2) is 8.63. The van der Waals surface area contributed by atoms with Gasteiger partial charge in [-0.1, -0.05) is 42.5 Å². The smallest absolute Gasteiger partial charge is 0.220 e. The highest BCUT2D eigenvalue weighted by Gasteiger charge is 2.12. The molecule has 3 rings (SSSR count). The fourth-order valence-corrected chi connectivity index (χ4v) is 3.63. The van der Waals surface area contributed by atoms with Crippen LogP contribution in [0.2, 0.25) is 0 Å². The first kappa shape index (κ1) is 18.1. The highest BCUT2D eigenvalue weighted by molar-refractivity contribution is 7.13. The number of hydrogen-bond acceptors (Lipinski definition) is 4. The van der Waals surface area contributed by atoms with Crippen molar-refractivity contribution in [3.05, 3.63) is 71.2 Å². The summed E-state index contributed by atoms with van der Waals surface area (Å²) in [5.74, 6) is 0.844. The van der Waals surface area contributed by atoms with Crippen molar-refractivity contribution in [3.8, 4) is 16.3 Å². The van der Waals surface area contributed by atoms with Crippen molar-refractivity contribution < 1.29 is 9.53 Å². The summed E-state index contributed by atoms with van der Waals surface area (Å²) in [5, 5.41) is 5.96. The Morgan fingerprint density at radius 2 is 1.88 bits per heavy atom. The van der Waals surface area contributed by atoms with Gasteiger partial charge in [0, 0.05) is 11.8 Å². The van der Waals surface area contributed by atoms with Gasteiger partial charge >= 0.3 is 0 Å². The van der Waals surface area contributed by atoms with Crippen LogP contribution in [-0.4, -0.2) is 18.0 Å². The van der Waals surface area contributed by atoms with Crippen LogP contribution in [0.5, 0.6) is 5.75 Å². The zero-order valence-corrected chi connectivity index (χ0v) is 15.8. The van der Waals surface area contributed by atoms with Crippen molar-refractivity contribution in [2.24, 2.45) is 0 Å². The number of ether oxygens (including phenoxy) is 1. The second-order valence-electron chi connectivity index (χ2n) is 6.04. The fraction of sp³-hybridized carbons (Fsp3) is 0.238. The summed E-state index contributed by atoms with van der Waals surface area (Å²) in [6, 6.07) is 17.8. The van der Waals surface area contributed by atoms with Crippen LogP contribution in [0.3, 0.4) is 0 Å². The van der Waals surface area contributed by atoms with Crippen LogP contribution >= 0.6 is 11.3 Å². The highest BCUT2D eigenvalue weighted by atomic mass is 32.1. The van der Waals surface area contributed by atoms with E-state index in [4.69, 9.17) is 4.74 Å². The lowest BCUT2D eigenvalue weighted by molar-refractivity contribution is -0.121. The van der Waals surface area contributed by atoms with Crippen molar-refractivity contribution >= 4 is 17.2 Å². The molecule has 1 heterocycles. The van der Waals surface area contributed by atoms with E-state index in [9.17, 15) is 4.79 Å². The first-order valence-electron chi connectivity index (χ1n) is 8.59. The summed E-state index contributed by atoms with van der Waals surface area (Å²) in [5.41, 5.74) is 3.01. The average molecular weight is 366 g/mol. The van der Waals surface area contributed by atoms with Crippen LogP contribution in [-0.2, 0) is 11.2 Å². The Bertz CT molecular complexity index is 861. The molecule has 2 aromatic carbocycles. The summed E-state index contributed by atoms with van der Waals surface area (Å²) in [6.45, 7) is 2.00. The van der Waals surface area contributed by atoms with Gasteiger partial charge in [-0.05, 0) is 31.0 Å². The van der Waals surface area contributed by atoms with Gasteiger partial charge in [-0.25, -0.2) is 4.98 Å². The average Bonchev–Trinajstić information content (AvgIpc) is 3.16. The number of amides is 1. The number of nitrogens with zero attached hydrogens (tertiary/aromatic N) is 1. The minimum absolute atomic E-state index is 0.00303. The number of benzene rings is 2. The Morgan fingerprint density at radius 1 is 1.15 bits per heavy atom. The van der Waals surface area contributed by atoms with Gasteiger partial charge in [0.2, 0.25) is 5.91 Å². The van der Waals surface area contributed by atoms with Crippen molar-refractivity contribution in [3.63, 3.8) is 0 Å². The lowest BCUT2D eigenvalue weighted by Crippen LogP contribution is -2.26. The zero-order valence-electron chi connectivity index (χ0n) is 14.9. The molecule has 4 nitrogen and oxygen atoms in total. The molecule has 0 bridgehead atoms. The molecule has 1 N–H and O–H groups in total. The number of rotatable bonds is 7. The topological polar surface area (TPSA) is 51.2 Å². The monoisotopic (exact) mass is 366 g/mol. The van der Waals surface area contributed by atoms with Gasteiger partial charge < -0.3 is 10.1 Å². The van der Waals surface area contributed by atoms with E-state index in [0.717, 1.165) is 27.6 Å².